The van der Waals surface area contributed by atoms with Crippen molar-refractivity contribution in [3.05, 3.63) is 52.0 Å². The summed E-state index contributed by atoms with van der Waals surface area (Å²) >= 11 is 1.66. The molecule has 5 nitrogen and oxygen atoms in total. The molecule has 1 heterocycles. The number of benzene rings is 1. The van der Waals surface area contributed by atoms with Crippen molar-refractivity contribution in [3.63, 3.8) is 0 Å². The zero-order chi connectivity index (χ0) is 16.5. The third kappa shape index (κ3) is 5.65. The largest absolute Gasteiger partial charge is 0.396 e. The Morgan fingerprint density at radius 1 is 1.35 bits per heavy atom. The van der Waals surface area contributed by atoms with Crippen LogP contribution in [0.4, 0.5) is 4.79 Å². The van der Waals surface area contributed by atoms with Gasteiger partial charge in [-0.3, -0.25) is 0 Å². The van der Waals surface area contributed by atoms with E-state index >= 15 is 0 Å². The van der Waals surface area contributed by atoms with E-state index in [0.717, 1.165) is 29.1 Å². The van der Waals surface area contributed by atoms with E-state index in [0.29, 0.717) is 13.0 Å². The van der Waals surface area contributed by atoms with E-state index in [9.17, 15) is 9.90 Å². The lowest BCUT2D eigenvalue weighted by Gasteiger charge is -2.18. The first-order chi connectivity index (χ1) is 11.2. The summed E-state index contributed by atoms with van der Waals surface area (Å²) in [6, 6.07) is 9.26. The van der Waals surface area contributed by atoms with Crippen molar-refractivity contribution < 1.29 is 9.90 Å². The number of amides is 2. The van der Waals surface area contributed by atoms with E-state index in [-0.39, 0.29) is 18.7 Å². The summed E-state index contributed by atoms with van der Waals surface area (Å²) in [6.45, 7) is 2.65. The normalized spacial score (nSPS) is 11.9. The third-order valence-corrected chi connectivity index (χ3v) is 4.54. The molecule has 0 radical (unpaired) electrons. The lowest BCUT2D eigenvalue weighted by atomic mass is 10.0. The van der Waals surface area contributed by atoms with Gasteiger partial charge in [0.25, 0.3) is 0 Å². The Bertz CT molecular complexity index is 601. The van der Waals surface area contributed by atoms with Gasteiger partial charge < -0.3 is 15.7 Å². The first kappa shape index (κ1) is 17.4. The van der Waals surface area contributed by atoms with Crippen LogP contribution in [0.5, 0.6) is 0 Å². The van der Waals surface area contributed by atoms with E-state index in [1.807, 2.05) is 35.7 Å². The van der Waals surface area contributed by atoms with Gasteiger partial charge >= 0.3 is 6.03 Å². The molecule has 0 spiro atoms. The number of carbonyl (C=O) groups is 1. The summed E-state index contributed by atoms with van der Waals surface area (Å²) < 4.78 is 0. The van der Waals surface area contributed by atoms with Gasteiger partial charge in [0.2, 0.25) is 0 Å². The minimum atomic E-state index is -0.224. The number of aromatic nitrogens is 1. The monoisotopic (exact) mass is 333 g/mol. The highest BCUT2D eigenvalue weighted by Gasteiger charge is 2.13. The van der Waals surface area contributed by atoms with Crippen LogP contribution in [0.1, 0.15) is 35.7 Å². The number of nitrogens with one attached hydrogen (secondary N) is 2. The summed E-state index contributed by atoms with van der Waals surface area (Å²) in [5, 5.41) is 18.1. The van der Waals surface area contributed by atoms with Crippen LogP contribution in [-0.4, -0.2) is 29.3 Å². The average molecular weight is 333 g/mol. The number of aryl methyl sites for hydroxylation is 1. The topological polar surface area (TPSA) is 74.2 Å². The zero-order valence-electron chi connectivity index (χ0n) is 13.3. The van der Waals surface area contributed by atoms with Crippen molar-refractivity contribution in [2.75, 3.05) is 13.2 Å². The maximum Gasteiger partial charge on any atom is 0.315 e. The van der Waals surface area contributed by atoms with Crippen LogP contribution in [-0.2, 0) is 12.8 Å². The predicted molar refractivity (Wildman–Crippen MR) is 92.6 cm³/mol. The summed E-state index contributed by atoms with van der Waals surface area (Å²) in [7, 11) is 0. The number of nitrogens with zero attached hydrogens (tertiary/aromatic N) is 1. The Hall–Kier alpha value is -1.92. The van der Waals surface area contributed by atoms with Crippen molar-refractivity contribution in [1.82, 2.24) is 15.6 Å². The average Bonchev–Trinajstić information content (AvgIpc) is 3.03. The maximum absolute atomic E-state index is 12.0. The Morgan fingerprint density at radius 3 is 2.78 bits per heavy atom. The Morgan fingerprint density at radius 2 is 2.13 bits per heavy atom. The molecule has 0 aliphatic carbocycles. The van der Waals surface area contributed by atoms with E-state index < -0.39 is 0 Å². The molecule has 0 unspecified atom stereocenters. The predicted octanol–water partition coefficient (Wildman–Crippen LogP) is 2.67. The van der Waals surface area contributed by atoms with Crippen molar-refractivity contribution in [2.24, 2.45) is 0 Å². The highest BCUT2D eigenvalue weighted by molar-refractivity contribution is 7.09. The number of thiazole rings is 1. The van der Waals surface area contributed by atoms with Crippen LogP contribution in [0.15, 0.2) is 35.7 Å². The molecule has 3 N–H and O–H groups in total. The molecule has 1 aromatic carbocycles. The first-order valence-corrected chi connectivity index (χ1v) is 8.74. The molecular weight excluding hydrogens is 310 g/mol. The molecule has 1 aromatic heterocycles. The van der Waals surface area contributed by atoms with E-state index in [4.69, 9.17) is 0 Å². The second-order valence-electron chi connectivity index (χ2n) is 5.21. The molecule has 0 aliphatic heterocycles. The van der Waals surface area contributed by atoms with Crippen LogP contribution in [0.3, 0.4) is 0 Å². The Balaban J connectivity index is 1.80. The molecule has 2 rings (SSSR count). The standard InChI is InChI=1S/C17H23N3O2S/c1-2-16-19-14(12-23-16)8-10-18-17(22)20-15(9-11-21)13-6-4-3-5-7-13/h3-7,12,15,21H,2,8-11H2,1H3,(H2,18,20,22)/t15-/m1/s1. The molecule has 0 fully saturated rings. The smallest absolute Gasteiger partial charge is 0.315 e. The van der Waals surface area contributed by atoms with Gasteiger partial charge in [-0.25, -0.2) is 9.78 Å². The number of carbonyl (C=O) groups excluding carboxylic acids is 1. The highest BCUT2D eigenvalue weighted by Crippen LogP contribution is 2.15. The fraction of sp³-hybridized carbons (Fsp3) is 0.412. The molecule has 6 heteroatoms. The van der Waals surface area contributed by atoms with Crippen molar-refractivity contribution in [3.8, 4) is 0 Å². The van der Waals surface area contributed by atoms with E-state index in [1.165, 1.54) is 0 Å². The summed E-state index contributed by atoms with van der Waals surface area (Å²) in [4.78, 5) is 16.5. The van der Waals surface area contributed by atoms with Crippen molar-refractivity contribution in [2.45, 2.75) is 32.2 Å². The quantitative estimate of drug-likeness (QED) is 0.695. The van der Waals surface area contributed by atoms with Crippen LogP contribution >= 0.6 is 11.3 Å². The number of urea groups is 1. The van der Waals surface area contributed by atoms with Gasteiger partial charge in [0.05, 0.1) is 16.7 Å². The fourth-order valence-corrected chi connectivity index (χ4v) is 3.06. The number of hydrogen-bond acceptors (Lipinski definition) is 4. The second-order valence-corrected chi connectivity index (χ2v) is 6.15. The minimum Gasteiger partial charge on any atom is -0.396 e. The lowest BCUT2D eigenvalue weighted by Crippen LogP contribution is -2.39. The van der Waals surface area contributed by atoms with Gasteiger partial charge in [0.1, 0.15) is 0 Å². The molecule has 124 valence electrons. The van der Waals surface area contributed by atoms with Crippen LogP contribution in [0.25, 0.3) is 0 Å². The number of aliphatic hydroxyl groups is 1. The van der Waals surface area contributed by atoms with Crippen LogP contribution in [0.2, 0.25) is 0 Å². The van der Waals surface area contributed by atoms with Crippen LogP contribution in [0, 0.1) is 0 Å². The molecule has 2 aromatic rings. The van der Waals surface area contributed by atoms with Gasteiger partial charge in [-0.1, -0.05) is 37.3 Å². The SMILES string of the molecule is CCc1nc(CCNC(=O)N[C@H](CCO)c2ccccc2)cs1. The minimum absolute atomic E-state index is 0.0262. The molecular formula is C17H23N3O2S. The number of rotatable bonds is 8. The van der Waals surface area contributed by atoms with Crippen molar-refractivity contribution >= 4 is 17.4 Å². The molecule has 2 amide bonds. The van der Waals surface area contributed by atoms with Crippen LogP contribution < -0.4 is 10.6 Å². The molecule has 23 heavy (non-hydrogen) atoms. The molecule has 0 saturated carbocycles. The maximum atomic E-state index is 12.0. The molecule has 0 bridgehead atoms. The summed E-state index contributed by atoms with van der Waals surface area (Å²) in [5.74, 6) is 0. The van der Waals surface area contributed by atoms with Gasteiger partial charge in [-0.2, -0.15) is 0 Å². The Kier molecular flexibility index (Phi) is 7.03. The van der Waals surface area contributed by atoms with Gasteiger partial charge in [-0.15, -0.1) is 11.3 Å². The number of hydrogen-bond donors (Lipinski definition) is 3. The van der Waals surface area contributed by atoms with Gasteiger partial charge in [0.15, 0.2) is 0 Å². The van der Waals surface area contributed by atoms with Gasteiger partial charge in [-0.05, 0) is 18.4 Å². The first-order valence-electron chi connectivity index (χ1n) is 7.86. The Labute approximate surface area is 140 Å². The van der Waals surface area contributed by atoms with Gasteiger partial charge in [0, 0.05) is 25.0 Å². The second kappa shape index (κ2) is 9.27. The highest BCUT2D eigenvalue weighted by atomic mass is 32.1. The van der Waals surface area contributed by atoms with Crippen molar-refractivity contribution in [1.29, 1.82) is 0 Å². The fourth-order valence-electron chi connectivity index (χ4n) is 2.28. The molecule has 0 saturated heterocycles. The van der Waals surface area contributed by atoms with E-state index in [2.05, 4.69) is 22.5 Å². The molecule has 0 aliphatic rings. The zero-order valence-corrected chi connectivity index (χ0v) is 14.1. The lowest BCUT2D eigenvalue weighted by molar-refractivity contribution is 0.229. The summed E-state index contributed by atoms with van der Waals surface area (Å²) in [6.07, 6.45) is 2.15. The third-order valence-electron chi connectivity index (χ3n) is 3.49. The molecule has 1 atom stereocenters. The van der Waals surface area contributed by atoms with E-state index in [1.54, 1.807) is 11.3 Å². The number of aliphatic hydroxyl groups excluding tert-OH is 1. The summed E-state index contributed by atoms with van der Waals surface area (Å²) in [5.41, 5.74) is 2.01.